The van der Waals surface area contributed by atoms with Crippen LogP contribution in [0.5, 0.6) is 0 Å². The van der Waals surface area contributed by atoms with Gasteiger partial charge in [0.15, 0.2) is 6.04 Å². The van der Waals surface area contributed by atoms with Crippen LogP contribution in [0.15, 0.2) is 24.3 Å². The second kappa shape index (κ2) is 6.75. The van der Waals surface area contributed by atoms with Gasteiger partial charge in [-0.05, 0) is 30.5 Å². The summed E-state index contributed by atoms with van der Waals surface area (Å²) in [5.74, 6) is 0. The average molecular weight is 337 g/mol. The molecule has 4 nitrogen and oxygen atoms in total. The summed E-state index contributed by atoms with van der Waals surface area (Å²) in [6, 6.07) is 1.77. The molecule has 0 aromatic heterocycles. The van der Waals surface area contributed by atoms with E-state index in [2.05, 4.69) is 0 Å². The Balaban J connectivity index is 2.17. The molecule has 1 heterocycles. The van der Waals surface area contributed by atoms with E-state index < -0.39 is 24.3 Å². The summed E-state index contributed by atoms with van der Waals surface area (Å²) in [5, 5.41) is 11.5. The summed E-state index contributed by atoms with van der Waals surface area (Å²) in [6.45, 7) is 0.0767. The summed E-state index contributed by atoms with van der Waals surface area (Å²) < 4.78 is 39.7. The minimum Gasteiger partial charge on any atom is -0.394 e. The molecule has 0 saturated carbocycles. The quantitative estimate of drug-likeness (QED) is 0.891. The van der Waals surface area contributed by atoms with Crippen molar-refractivity contribution < 1.29 is 23.1 Å². The molecule has 22 heavy (non-hydrogen) atoms. The maximum atomic E-state index is 13.2. The van der Waals surface area contributed by atoms with E-state index in [9.17, 15) is 18.0 Å². The maximum Gasteiger partial charge on any atom is 0.412 e. The molecular weight excluding hydrogens is 321 g/mol. The number of alkyl halides is 3. The maximum absolute atomic E-state index is 13.2. The third kappa shape index (κ3) is 3.84. The van der Waals surface area contributed by atoms with Crippen molar-refractivity contribution in [3.63, 3.8) is 0 Å². The zero-order valence-corrected chi connectivity index (χ0v) is 12.4. The van der Waals surface area contributed by atoms with Crippen molar-refractivity contribution in [3.05, 3.63) is 34.9 Å². The van der Waals surface area contributed by atoms with Gasteiger partial charge in [0, 0.05) is 11.6 Å². The lowest BCUT2D eigenvalue weighted by Crippen LogP contribution is -2.48. The SMILES string of the molecule is O=C(N[C@@H](c1ccc(Cl)cc1)C(F)(F)F)N1CCC[C@H]1CO. The molecule has 0 bridgehead atoms. The second-order valence-electron chi connectivity index (χ2n) is 5.15. The van der Waals surface area contributed by atoms with Crippen LogP contribution in [0.2, 0.25) is 5.02 Å². The van der Waals surface area contributed by atoms with Crippen LogP contribution in [0, 0.1) is 0 Å². The number of nitrogens with one attached hydrogen (secondary N) is 1. The number of carbonyl (C=O) groups excluding carboxylic acids is 1. The van der Waals surface area contributed by atoms with Crippen LogP contribution in [-0.2, 0) is 0 Å². The number of likely N-dealkylation sites (tertiary alicyclic amines) is 1. The van der Waals surface area contributed by atoms with Gasteiger partial charge in [0.2, 0.25) is 0 Å². The van der Waals surface area contributed by atoms with Gasteiger partial charge in [0.05, 0.1) is 12.6 Å². The number of amides is 2. The molecule has 1 aromatic carbocycles. The lowest BCUT2D eigenvalue weighted by Gasteiger charge is -2.28. The molecule has 2 atom stereocenters. The first-order valence-electron chi connectivity index (χ1n) is 6.83. The summed E-state index contributed by atoms with van der Waals surface area (Å²) >= 11 is 5.67. The van der Waals surface area contributed by atoms with Crippen molar-refractivity contribution in [3.8, 4) is 0 Å². The Morgan fingerprint density at radius 2 is 2.05 bits per heavy atom. The minimum absolute atomic E-state index is 0.0926. The molecule has 2 N–H and O–H groups in total. The van der Waals surface area contributed by atoms with Crippen LogP contribution < -0.4 is 5.32 Å². The number of halogens is 4. The number of nitrogens with zero attached hydrogens (tertiary/aromatic N) is 1. The number of aliphatic hydroxyl groups is 1. The molecule has 0 radical (unpaired) electrons. The van der Waals surface area contributed by atoms with Crippen LogP contribution in [0.25, 0.3) is 0 Å². The van der Waals surface area contributed by atoms with Gasteiger partial charge in [0.1, 0.15) is 0 Å². The van der Waals surface area contributed by atoms with E-state index in [4.69, 9.17) is 16.7 Å². The molecule has 2 rings (SSSR count). The summed E-state index contributed by atoms with van der Waals surface area (Å²) in [5.41, 5.74) is -0.0926. The van der Waals surface area contributed by atoms with E-state index in [0.717, 1.165) is 0 Å². The van der Waals surface area contributed by atoms with E-state index in [0.29, 0.717) is 24.4 Å². The Kier molecular flexibility index (Phi) is 5.18. The highest BCUT2D eigenvalue weighted by Gasteiger charge is 2.43. The van der Waals surface area contributed by atoms with Crippen molar-refractivity contribution >= 4 is 17.6 Å². The summed E-state index contributed by atoms with van der Waals surface area (Å²) in [4.78, 5) is 13.3. The molecule has 1 saturated heterocycles. The highest BCUT2D eigenvalue weighted by molar-refractivity contribution is 6.30. The van der Waals surface area contributed by atoms with Gasteiger partial charge in [-0.15, -0.1) is 0 Å². The Bertz CT molecular complexity index is 522. The lowest BCUT2D eigenvalue weighted by molar-refractivity contribution is -0.155. The molecule has 1 fully saturated rings. The van der Waals surface area contributed by atoms with Gasteiger partial charge < -0.3 is 15.3 Å². The normalized spacial score (nSPS) is 20.0. The Hall–Kier alpha value is -1.47. The molecule has 8 heteroatoms. The van der Waals surface area contributed by atoms with Gasteiger partial charge in [-0.3, -0.25) is 0 Å². The van der Waals surface area contributed by atoms with Crippen LogP contribution in [0.1, 0.15) is 24.4 Å². The first kappa shape index (κ1) is 16.9. The molecule has 1 aliphatic heterocycles. The van der Waals surface area contributed by atoms with Crippen molar-refractivity contribution in [2.45, 2.75) is 31.1 Å². The Morgan fingerprint density at radius 3 is 2.59 bits per heavy atom. The molecule has 0 aliphatic carbocycles. The Labute approximate surface area is 130 Å². The third-order valence-corrected chi connectivity index (χ3v) is 3.90. The fourth-order valence-corrected chi connectivity index (χ4v) is 2.63. The van der Waals surface area contributed by atoms with E-state index in [1.807, 2.05) is 5.32 Å². The number of benzene rings is 1. The highest BCUT2D eigenvalue weighted by Crippen LogP contribution is 2.33. The Morgan fingerprint density at radius 1 is 1.41 bits per heavy atom. The predicted molar refractivity (Wildman–Crippen MR) is 75.6 cm³/mol. The van der Waals surface area contributed by atoms with Crippen molar-refractivity contribution in [2.24, 2.45) is 0 Å². The average Bonchev–Trinajstić information content (AvgIpc) is 2.93. The van der Waals surface area contributed by atoms with Crippen LogP contribution >= 0.6 is 11.6 Å². The zero-order valence-electron chi connectivity index (χ0n) is 11.6. The number of rotatable bonds is 3. The number of hydrogen-bond donors (Lipinski definition) is 2. The second-order valence-corrected chi connectivity index (χ2v) is 5.58. The van der Waals surface area contributed by atoms with Crippen LogP contribution in [0.4, 0.5) is 18.0 Å². The van der Waals surface area contributed by atoms with Crippen LogP contribution in [0.3, 0.4) is 0 Å². The van der Waals surface area contributed by atoms with Gasteiger partial charge >= 0.3 is 12.2 Å². The number of hydrogen-bond acceptors (Lipinski definition) is 2. The van der Waals surface area contributed by atoms with Gasteiger partial charge in [-0.25, -0.2) is 4.79 Å². The predicted octanol–water partition coefficient (Wildman–Crippen LogP) is 3.11. The first-order chi connectivity index (χ1) is 10.3. The molecule has 2 amide bonds. The minimum atomic E-state index is -4.63. The molecular formula is C14H16ClF3N2O2. The molecule has 1 aliphatic rings. The summed E-state index contributed by atoms with van der Waals surface area (Å²) in [7, 11) is 0. The fourth-order valence-electron chi connectivity index (χ4n) is 2.51. The molecule has 122 valence electrons. The third-order valence-electron chi connectivity index (χ3n) is 3.65. The molecule has 1 aromatic rings. The van der Waals surface area contributed by atoms with Crippen LogP contribution in [-0.4, -0.2) is 41.4 Å². The lowest BCUT2D eigenvalue weighted by atomic mass is 10.1. The monoisotopic (exact) mass is 336 g/mol. The number of carbonyl (C=O) groups is 1. The van der Waals surface area contributed by atoms with Gasteiger partial charge in [-0.1, -0.05) is 23.7 Å². The van der Waals surface area contributed by atoms with E-state index in [-0.39, 0.29) is 12.2 Å². The first-order valence-corrected chi connectivity index (χ1v) is 7.21. The van der Waals surface area contributed by atoms with E-state index >= 15 is 0 Å². The van der Waals surface area contributed by atoms with Crippen molar-refractivity contribution in [1.82, 2.24) is 10.2 Å². The zero-order chi connectivity index (χ0) is 16.3. The molecule has 0 spiro atoms. The highest BCUT2D eigenvalue weighted by atomic mass is 35.5. The van der Waals surface area contributed by atoms with E-state index in [1.54, 1.807) is 0 Å². The largest absolute Gasteiger partial charge is 0.412 e. The summed E-state index contributed by atoms with van der Waals surface area (Å²) in [6.07, 6.45) is -3.38. The van der Waals surface area contributed by atoms with E-state index in [1.165, 1.54) is 29.2 Å². The van der Waals surface area contributed by atoms with Crippen molar-refractivity contribution in [1.29, 1.82) is 0 Å². The van der Waals surface area contributed by atoms with Gasteiger partial charge in [-0.2, -0.15) is 13.2 Å². The number of urea groups is 1. The van der Waals surface area contributed by atoms with Gasteiger partial charge in [0.25, 0.3) is 0 Å². The topological polar surface area (TPSA) is 52.6 Å². The fraction of sp³-hybridized carbons (Fsp3) is 0.500. The standard InChI is InChI=1S/C14H16ClF3N2O2/c15-10-5-3-9(4-6-10)12(14(16,17)18)19-13(22)20-7-1-2-11(20)8-21/h3-6,11-12,21H,1-2,7-8H2,(H,19,22)/t11-,12-/m0/s1. The van der Waals surface area contributed by atoms with Crippen molar-refractivity contribution in [2.75, 3.05) is 13.2 Å². The number of aliphatic hydroxyl groups excluding tert-OH is 1. The molecule has 0 unspecified atom stereocenters. The smallest absolute Gasteiger partial charge is 0.394 e.